The van der Waals surface area contributed by atoms with Gasteiger partial charge >= 0.3 is 0 Å². The summed E-state index contributed by atoms with van der Waals surface area (Å²) in [5.74, 6) is 1.11. The van der Waals surface area contributed by atoms with E-state index in [9.17, 15) is 4.79 Å². The number of rotatable bonds is 7. The lowest BCUT2D eigenvalue weighted by Crippen LogP contribution is -2.35. The Kier molecular flexibility index (Phi) is 6.95. The van der Waals surface area contributed by atoms with Gasteiger partial charge in [0.1, 0.15) is 0 Å². The highest BCUT2D eigenvalue weighted by Gasteiger charge is 2.13. The molecular weight excluding hydrogens is 268 g/mol. The Morgan fingerprint density at radius 3 is 2.90 bits per heavy atom. The monoisotopic (exact) mass is 292 g/mol. The fourth-order valence-electron chi connectivity index (χ4n) is 2.44. The molecule has 1 aromatic carbocycles. The zero-order valence-electron chi connectivity index (χ0n) is 11.9. The van der Waals surface area contributed by atoms with E-state index in [-0.39, 0.29) is 5.91 Å². The van der Waals surface area contributed by atoms with Gasteiger partial charge in [-0.25, -0.2) is 0 Å². The molecule has 1 aliphatic heterocycles. The number of amides is 1. The average molecular weight is 292 g/mol. The van der Waals surface area contributed by atoms with Crippen LogP contribution in [0.2, 0.25) is 0 Å². The molecule has 0 aromatic heterocycles. The Labute approximate surface area is 125 Å². The SMILES string of the molecule is O=C(CCC1CCCCN1)NCCSc1ccccc1. The normalized spacial score (nSPS) is 18.7. The molecule has 20 heavy (non-hydrogen) atoms. The van der Waals surface area contributed by atoms with E-state index >= 15 is 0 Å². The molecule has 4 heteroatoms. The highest BCUT2D eigenvalue weighted by molar-refractivity contribution is 7.99. The van der Waals surface area contributed by atoms with E-state index in [0.717, 1.165) is 25.3 Å². The third-order valence-corrected chi connectivity index (χ3v) is 4.58. The summed E-state index contributed by atoms with van der Waals surface area (Å²) in [5.41, 5.74) is 0. The largest absolute Gasteiger partial charge is 0.355 e. The molecular formula is C16H24N2OS. The van der Waals surface area contributed by atoms with Crippen LogP contribution < -0.4 is 10.6 Å². The fraction of sp³-hybridized carbons (Fsp3) is 0.562. The van der Waals surface area contributed by atoms with Gasteiger partial charge in [0, 0.05) is 29.7 Å². The molecule has 110 valence electrons. The first-order valence-electron chi connectivity index (χ1n) is 7.52. The molecule has 2 rings (SSSR count). The summed E-state index contributed by atoms with van der Waals surface area (Å²) in [6.45, 7) is 1.86. The maximum atomic E-state index is 11.7. The van der Waals surface area contributed by atoms with Crippen LogP contribution in [0.1, 0.15) is 32.1 Å². The molecule has 1 unspecified atom stereocenters. The summed E-state index contributed by atoms with van der Waals surface area (Å²) in [6.07, 6.45) is 5.41. The maximum absolute atomic E-state index is 11.7. The van der Waals surface area contributed by atoms with Crippen molar-refractivity contribution in [2.45, 2.75) is 43.0 Å². The minimum atomic E-state index is 0.186. The van der Waals surface area contributed by atoms with Crippen molar-refractivity contribution in [2.24, 2.45) is 0 Å². The fourth-order valence-corrected chi connectivity index (χ4v) is 3.23. The van der Waals surface area contributed by atoms with Crippen molar-refractivity contribution in [1.29, 1.82) is 0 Å². The molecule has 1 aliphatic rings. The molecule has 1 fully saturated rings. The topological polar surface area (TPSA) is 41.1 Å². The van der Waals surface area contributed by atoms with Gasteiger partial charge in [0.25, 0.3) is 0 Å². The second kappa shape index (κ2) is 9.03. The molecule has 1 saturated heterocycles. The molecule has 2 N–H and O–H groups in total. The Hall–Kier alpha value is -1.00. The summed E-state index contributed by atoms with van der Waals surface area (Å²) >= 11 is 1.78. The Balaban J connectivity index is 1.51. The lowest BCUT2D eigenvalue weighted by molar-refractivity contribution is -0.121. The molecule has 0 bridgehead atoms. The van der Waals surface area contributed by atoms with Crippen LogP contribution in [0, 0.1) is 0 Å². The number of hydrogen-bond donors (Lipinski definition) is 2. The van der Waals surface area contributed by atoms with Gasteiger partial charge in [-0.3, -0.25) is 4.79 Å². The Bertz CT molecular complexity index is 391. The van der Waals surface area contributed by atoms with Crippen molar-refractivity contribution in [3.8, 4) is 0 Å². The number of benzene rings is 1. The molecule has 3 nitrogen and oxygen atoms in total. The number of thioether (sulfide) groups is 1. The van der Waals surface area contributed by atoms with Gasteiger partial charge in [-0.1, -0.05) is 24.6 Å². The predicted molar refractivity (Wildman–Crippen MR) is 85.1 cm³/mol. The highest BCUT2D eigenvalue weighted by atomic mass is 32.2. The first kappa shape index (κ1) is 15.4. The van der Waals surface area contributed by atoms with Crippen LogP contribution in [0.3, 0.4) is 0 Å². The van der Waals surface area contributed by atoms with Crippen LogP contribution in [-0.2, 0) is 4.79 Å². The number of piperidine rings is 1. The second-order valence-corrected chi connectivity index (χ2v) is 6.37. The summed E-state index contributed by atoms with van der Waals surface area (Å²) in [4.78, 5) is 13.0. The number of hydrogen-bond acceptors (Lipinski definition) is 3. The first-order chi connectivity index (χ1) is 9.84. The van der Waals surface area contributed by atoms with Gasteiger partial charge in [0.15, 0.2) is 0 Å². The van der Waals surface area contributed by atoms with Crippen LogP contribution in [0.4, 0.5) is 0 Å². The number of nitrogens with one attached hydrogen (secondary N) is 2. The van der Waals surface area contributed by atoms with E-state index in [0.29, 0.717) is 12.5 Å². The van der Waals surface area contributed by atoms with Crippen LogP contribution >= 0.6 is 11.8 Å². The third kappa shape index (κ3) is 5.97. The zero-order valence-corrected chi connectivity index (χ0v) is 12.8. The van der Waals surface area contributed by atoms with Gasteiger partial charge < -0.3 is 10.6 Å². The summed E-state index contributed by atoms with van der Waals surface area (Å²) in [6, 6.07) is 10.8. The average Bonchev–Trinajstić information content (AvgIpc) is 2.52. The standard InChI is InChI=1S/C16H24N2OS/c19-16(10-9-14-6-4-5-11-17-14)18-12-13-20-15-7-2-1-3-8-15/h1-3,7-8,14,17H,4-6,9-13H2,(H,18,19). The molecule has 0 radical (unpaired) electrons. The van der Waals surface area contributed by atoms with E-state index in [1.165, 1.54) is 24.2 Å². The minimum absolute atomic E-state index is 0.186. The van der Waals surface area contributed by atoms with Crippen molar-refractivity contribution in [3.05, 3.63) is 30.3 Å². The number of carbonyl (C=O) groups excluding carboxylic acids is 1. The van der Waals surface area contributed by atoms with Crippen molar-refractivity contribution in [1.82, 2.24) is 10.6 Å². The lowest BCUT2D eigenvalue weighted by atomic mass is 10.0. The van der Waals surface area contributed by atoms with Crippen molar-refractivity contribution in [2.75, 3.05) is 18.8 Å². The van der Waals surface area contributed by atoms with Crippen LogP contribution in [0.5, 0.6) is 0 Å². The van der Waals surface area contributed by atoms with Gasteiger partial charge in [0.2, 0.25) is 5.91 Å². The van der Waals surface area contributed by atoms with E-state index < -0.39 is 0 Å². The molecule has 0 spiro atoms. The van der Waals surface area contributed by atoms with Crippen molar-refractivity contribution < 1.29 is 4.79 Å². The van der Waals surface area contributed by atoms with Gasteiger partial charge in [0.05, 0.1) is 0 Å². The van der Waals surface area contributed by atoms with Crippen molar-refractivity contribution >= 4 is 17.7 Å². The molecule has 0 saturated carbocycles. The van der Waals surface area contributed by atoms with Crippen LogP contribution in [-0.4, -0.2) is 30.8 Å². The van der Waals surface area contributed by atoms with Gasteiger partial charge in [-0.2, -0.15) is 0 Å². The molecule has 1 heterocycles. The second-order valence-electron chi connectivity index (χ2n) is 5.20. The van der Waals surface area contributed by atoms with Gasteiger partial charge in [-0.15, -0.1) is 11.8 Å². The number of carbonyl (C=O) groups is 1. The molecule has 1 aromatic rings. The third-order valence-electron chi connectivity index (χ3n) is 3.57. The smallest absolute Gasteiger partial charge is 0.220 e. The summed E-state index contributed by atoms with van der Waals surface area (Å²) in [5, 5.41) is 6.48. The van der Waals surface area contributed by atoms with E-state index in [1.807, 2.05) is 18.2 Å². The van der Waals surface area contributed by atoms with Crippen LogP contribution in [0.25, 0.3) is 0 Å². The molecule has 1 atom stereocenters. The van der Waals surface area contributed by atoms with Gasteiger partial charge in [-0.05, 0) is 37.9 Å². The van der Waals surface area contributed by atoms with Crippen LogP contribution in [0.15, 0.2) is 35.2 Å². The molecule has 1 amide bonds. The lowest BCUT2D eigenvalue weighted by Gasteiger charge is -2.23. The summed E-state index contributed by atoms with van der Waals surface area (Å²) < 4.78 is 0. The zero-order chi connectivity index (χ0) is 14.0. The first-order valence-corrected chi connectivity index (χ1v) is 8.51. The summed E-state index contributed by atoms with van der Waals surface area (Å²) in [7, 11) is 0. The maximum Gasteiger partial charge on any atom is 0.220 e. The van der Waals surface area contributed by atoms with E-state index in [2.05, 4.69) is 22.8 Å². The van der Waals surface area contributed by atoms with Crippen molar-refractivity contribution in [3.63, 3.8) is 0 Å². The molecule has 0 aliphatic carbocycles. The Morgan fingerprint density at radius 1 is 1.30 bits per heavy atom. The van der Waals surface area contributed by atoms with E-state index in [4.69, 9.17) is 0 Å². The minimum Gasteiger partial charge on any atom is -0.355 e. The van der Waals surface area contributed by atoms with E-state index in [1.54, 1.807) is 11.8 Å². The highest BCUT2D eigenvalue weighted by Crippen LogP contribution is 2.16. The predicted octanol–water partition coefficient (Wildman–Crippen LogP) is 2.82. The Morgan fingerprint density at radius 2 is 2.15 bits per heavy atom. The quantitative estimate of drug-likeness (QED) is 0.600.